The van der Waals surface area contributed by atoms with Crippen molar-refractivity contribution in [2.24, 2.45) is 0 Å². The normalized spacial score (nSPS) is 11.9. The number of benzene rings is 9. The lowest BCUT2D eigenvalue weighted by atomic mass is 10.00. The van der Waals surface area contributed by atoms with Crippen molar-refractivity contribution in [2.45, 2.75) is 0 Å². The molecule has 0 spiro atoms. The quantitative estimate of drug-likeness (QED) is 0.168. The van der Waals surface area contributed by atoms with Crippen molar-refractivity contribution in [3.8, 4) is 39.3 Å². The molecule has 0 aliphatic carbocycles. The van der Waals surface area contributed by atoms with Crippen LogP contribution in [0.15, 0.2) is 212 Å². The molecule has 12 rings (SSSR count). The zero-order chi connectivity index (χ0) is 37.5. The second kappa shape index (κ2) is 12.5. The molecular formula is C54H35N3. The molecule has 0 fully saturated rings. The average molecular weight is 726 g/mol. The van der Waals surface area contributed by atoms with Crippen LogP contribution in [0.5, 0.6) is 0 Å². The molecular weight excluding hydrogens is 691 g/mol. The smallest absolute Gasteiger partial charge is 0.0561 e. The first-order valence-electron chi connectivity index (χ1n) is 19.6. The predicted octanol–water partition coefficient (Wildman–Crippen LogP) is 14.3. The molecule has 3 heteroatoms. The van der Waals surface area contributed by atoms with E-state index in [0.29, 0.717) is 0 Å². The van der Waals surface area contributed by atoms with Crippen molar-refractivity contribution in [1.82, 2.24) is 13.7 Å². The molecule has 0 bridgehead atoms. The molecule has 0 atom stereocenters. The Kier molecular flexibility index (Phi) is 6.93. The first-order valence-corrected chi connectivity index (χ1v) is 19.6. The molecule has 12 aromatic rings. The maximum Gasteiger partial charge on any atom is 0.0561 e. The predicted molar refractivity (Wildman–Crippen MR) is 240 cm³/mol. The van der Waals surface area contributed by atoms with Gasteiger partial charge in [-0.25, -0.2) is 0 Å². The summed E-state index contributed by atoms with van der Waals surface area (Å²) in [5.41, 5.74) is 15.4. The van der Waals surface area contributed by atoms with Gasteiger partial charge < -0.3 is 13.7 Å². The van der Waals surface area contributed by atoms with Crippen molar-refractivity contribution in [2.75, 3.05) is 0 Å². The van der Waals surface area contributed by atoms with E-state index in [9.17, 15) is 0 Å². The van der Waals surface area contributed by atoms with Gasteiger partial charge in [-0.3, -0.25) is 0 Å². The van der Waals surface area contributed by atoms with Crippen molar-refractivity contribution < 1.29 is 0 Å². The van der Waals surface area contributed by atoms with Crippen molar-refractivity contribution in [1.29, 1.82) is 0 Å². The Labute approximate surface area is 329 Å². The van der Waals surface area contributed by atoms with Gasteiger partial charge in [0.15, 0.2) is 0 Å². The maximum atomic E-state index is 2.45. The third kappa shape index (κ3) is 4.86. The minimum Gasteiger partial charge on any atom is -0.309 e. The van der Waals surface area contributed by atoms with E-state index < -0.39 is 0 Å². The third-order valence-electron chi connectivity index (χ3n) is 11.8. The molecule has 0 aliphatic rings. The molecule has 0 saturated heterocycles. The van der Waals surface area contributed by atoms with Crippen LogP contribution in [0.3, 0.4) is 0 Å². The van der Waals surface area contributed by atoms with E-state index in [0.717, 1.165) is 17.1 Å². The number of fused-ring (bicyclic) bond motifs is 9. The molecule has 0 aliphatic heterocycles. The number of aromatic nitrogens is 3. The second-order valence-corrected chi connectivity index (χ2v) is 15.0. The number of hydrogen-bond acceptors (Lipinski definition) is 0. The summed E-state index contributed by atoms with van der Waals surface area (Å²) in [5, 5.41) is 7.49. The maximum absolute atomic E-state index is 2.45. The van der Waals surface area contributed by atoms with Gasteiger partial charge in [0.05, 0.1) is 33.1 Å². The molecule has 266 valence electrons. The minimum absolute atomic E-state index is 1.13. The Morgan fingerprint density at radius 1 is 0.193 bits per heavy atom. The highest BCUT2D eigenvalue weighted by Gasteiger charge is 2.19. The number of nitrogens with zero attached hydrogens (tertiary/aromatic N) is 3. The van der Waals surface area contributed by atoms with Gasteiger partial charge in [-0.1, -0.05) is 152 Å². The summed E-state index contributed by atoms with van der Waals surface area (Å²) in [5.74, 6) is 0. The highest BCUT2D eigenvalue weighted by atomic mass is 15.0. The summed E-state index contributed by atoms with van der Waals surface area (Å²) in [6, 6.07) is 77.5. The van der Waals surface area contributed by atoms with Gasteiger partial charge in [0.2, 0.25) is 0 Å². The fourth-order valence-corrected chi connectivity index (χ4v) is 9.26. The second-order valence-electron chi connectivity index (χ2n) is 15.0. The fraction of sp³-hybridized carbons (Fsp3) is 0. The van der Waals surface area contributed by atoms with Crippen LogP contribution in [0.25, 0.3) is 105 Å². The van der Waals surface area contributed by atoms with Crippen molar-refractivity contribution in [3.63, 3.8) is 0 Å². The molecule has 0 N–H and O–H groups in total. The summed E-state index contributed by atoms with van der Waals surface area (Å²) in [7, 11) is 0. The van der Waals surface area contributed by atoms with Gasteiger partial charge in [0, 0.05) is 49.4 Å². The van der Waals surface area contributed by atoms with Gasteiger partial charge in [0.25, 0.3) is 0 Å². The SMILES string of the molecule is c1ccc(-c2ccc(-c3cccc(-n4c5ccccc5c5ccc(-n6c7ccccc7c7ccc(-n8c9ccccc9c9ccccc98)cc76)cc54)c3)cc2)cc1. The Bertz CT molecular complexity index is 3450. The molecule has 0 amide bonds. The molecule has 57 heavy (non-hydrogen) atoms. The molecule has 0 unspecified atom stereocenters. The van der Waals surface area contributed by atoms with E-state index in [2.05, 4.69) is 226 Å². The number of para-hydroxylation sites is 4. The zero-order valence-corrected chi connectivity index (χ0v) is 31.0. The van der Waals surface area contributed by atoms with Crippen LogP contribution in [0.2, 0.25) is 0 Å². The zero-order valence-electron chi connectivity index (χ0n) is 31.0. The Morgan fingerprint density at radius 3 is 1.00 bits per heavy atom. The molecule has 3 aromatic heterocycles. The first-order chi connectivity index (χ1) is 28.3. The largest absolute Gasteiger partial charge is 0.309 e. The summed E-state index contributed by atoms with van der Waals surface area (Å²) < 4.78 is 7.30. The Balaban J connectivity index is 1.06. The van der Waals surface area contributed by atoms with E-state index >= 15 is 0 Å². The Morgan fingerprint density at radius 2 is 0.526 bits per heavy atom. The van der Waals surface area contributed by atoms with Gasteiger partial charge in [-0.2, -0.15) is 0 Å². The third-order valence-corrected chi connectivity index (χ3v) is 11.8. The van der Waals surface area contributed by atoms with E-state index in [1.165, 1.54) is 87.7 Å². The van der Waals surface area contributed by atoms with Crippen molar-refractivity contribution in [3.05, 3.63) is 212 Å². The lowest BCUT2D eigenvalue weighted by molar-refractivity contribution is 1.14. The van der Waals surface area contributed by atoms with Gasteiger partial charge >= 0.3 is 0 Å². The van der Waals surface area contributed by atoms with Crippen LogP contribution < -0.4 is 0 Å². The standard InChI is InChI=1S/C54H35N3/c1-2-13-36(14-3-1)37-25-27-38(28-26-37)39-15-12-16-40(33-39)56-51-23-10-6-19-45(51)47-32-30-42(35-53(47)56)57-52-24-11-7-20-46(52)48-31-29-41(34-54(48)57)55-49-21-8-4-17-43(49)44-18-5-9-22-50(44)55/h1-35H. The van der Waals surface area contributed by atoms with Crippen LogP contribution in [-0.4, -0.2) is 13.7 Å². The van der Waals surface area contributed by atoms with E-state index in [4.69, 9.17) is 0 Å². The van der Waals surface area contributed by atoms with Crippen LogP contribution in [0.1, 0.15) is 0 Å². The summed E-state index contributed by atoms with van der Waals surface area (Å²) >= 11 is 0. The topological polar surface area (TPSA) is 14.8 Å². The fourth-order valence-electron chi connectivity index (χ4n) is 9.26. The Hall–Kier alpha value is -7.62. The van der Waals surface area contributed by atoms with E-state index in [-0.39, 0.29) is 0 Å². The summed E-state index contributed by atoms with van der Waals surface area (Å²) in [4.78, 5) is 0. The van der Waals surface area contributed by atoms with Gasteiger partial charge in [-0.15, -0.1) is 0 Å². The van der Waals surface area contributed by atoms with Gasteiger partial charge in [-0.05, 0) is 82.9 Å². The number of rotatable bonds is 5. The monoisotopic (exact) mass is 725 g/mol. The lowest BCUT2D eigenvalue weighted by Gasteiger charge is -2.13. The molecule has 9 aromatic carbocycles. The van der Waals surface area contributed by atoms with Crippen LogP contribution in [0.4, 0.5) is 0 Å². The summed E-state index contributed by atoms with van der Waals surface area (Å²) in [6.45, 7) is 0. The molecule has 3 heterocycles. The molecule has 3 nitrogen and oxygen atoms in total. The van der Waals surface area contributed by atoms with Crippen LogP contribution >= 0.6 is 0 Å². The average Bonchev–Trinajstić information content (AvgIpc) is 3.92. The first kappa shape index (κ1) is 31.7. The molecule has 0 radical (unpaired) electrons. The minimum atomic E-state index is 1.13. The summed E-state index contributed by atoms with van der Waals surface area (Å²) in [6.07, 6.45) is 0. The highest BCUT2D eigenvalue weighted by molar-refractivity contribution is 6.13. The van der Waals surface area contributed by atoms with E-state index in [1.807, 2.05) is 0 Å². The van der Waals surface area contributed by atoms with Crippen LogP contribution in [0, 0.1) is 0 Å². The lowest BCUT2D eigenvalue weighted by Crippen LogP contribution is -1.98. The van der Waals surface area contributed by atoms with Crippen LogP contribution in [-0.2, 0) is 0 Å². The highest BCUT2D eigenvalue weighted by Crippen LogP contribution is 2.39. The van der Waals surface area contributed by atoms with Crippen molar-refractivity contribution >= 4 is 65.4 Å². The molecule has 0 saturated carbocycles. The van der Waals surface area contributed by atoms with E-state index in [1.54, 1.807) is 0 Å². The number of hydrogen-bond donors (Lipinski definition) is 0. The van der Waals surface area contributed by atoms with Gasteiger partial charge in [0.1, 0.15) is 0 Å².